The molecule has 1 aromatic rings. The van der Waals surface area contributed by atoms with Crippen LogP contribution in [-0.4, -0.2) is 26.7 Å². The third-order valence-electron chi connectivity index (χ3n) is 2.15. The van der Waals surface area contributed by atoms with Crippen LogP contribution in [0.3, 0.4) is 0 Å². The molecular weight excluding hydrogens is 206 g/mol. The highest BCUT2D eigenvalue weighted by Crippen LogP contribution is 2.20. The Kier molecular flexibility index (Phi) is 4.79. The first-order chi connectivity index (χ1) is 7.67. The molecule has 1 N–H and O–H groups in total. The van der Waals surface area contributed by atoms with Crippen LogP contribution in [0, 0.1) is 6.92 Å². The van der Waals surface area contributed by atoms with E-state index in [1.807, 2.05) is 25.1 Å². The number of aryl methyl sites for hydroxylation is 1. The number of hydrogen-bond donors (Lipinski definition) is 1. The smallest absolute Gasteiger partial charge is 0.320 e. The van der Waals surface area contributed by atoms with Crippen LogP contribution in [0.2, 0.25) is 0 Å². The number of hydrogen-bond acceptors (Lipinski definition) is 4. The molecule has 0 aliphatic carbocycles. The summed E-state index contributed by atoms with van der Waals surface area (Å²) in [5.41, 5.74) is 1.99. The monoisotopic (exact) mass is 223 g/mol. The Balaban J connectivity index is 2.65. The SMILES string of the molecule is CNCC(=O)OCc1cc(C)ccc1OC. The summed E-state index contributed by atoms with van der Waals surface area (Å²) < 4.78 is 10.3. The molecule has 88 valence electrons. The van der Waals surface area contributed by atoms with Gasteiger partial charge in [0, 0.05) is 5.56 Å². The molecule has 0 radical (unpaired) electrons. The molecule has 0 aliphatic heterocycles. The Bertz CT molecular complexity index is 363. The van der Waals surface area contributed by atoms with Crippen molar-refractivity contribution in [1.29, 1.82) is 0 Å². The fraction of sp³-hybridized carbons (Fsp3) is 0.417. The fourth-order valence-corrected chi connectivity index (χ4v) is 1.37. The number of rotatable bonds is 5. The number of carbonyl (C=O) groups is 1. The molecule has 1 rings (SSSR count). The van der Waals surface area contributed by atoms with Gasteiger partial charge in [0.25, 0.3) is 0 Å². The molecule has 4 nitrogen and oxygen atoms in total. The molecule has 4 heteroatoms. The Labute approximate surface area is 95.6 Å². The lowest BCUT2D eigenvalue weighted by Gasteiger charge is -2.10. The highest BCUT2D eigenvalue weighted by atomic mass is 16.5. The highest BCUT2D eigenvalue weighted by Gasteiger charge is 2.06. The zero-order valence-electron chi connectivity index (χ0n) is 9.87. The van der Waals surface area contributed by atoms with Crippen LogP contribution >= 0.6 is 0 Å². The van der Waals surface area contributed by atoms with Crippen LogP contribution in [0.4, 0.5) is 0 Å². The normalized spacial score (nSPS) is 9.94. The van der Waals surface area contributed by atoms with Crippen molar-refractivity contribution in [1.82, 2.24) is 5.32 Å². The van der Waals surface area contributed by atoms with Crippen LogP contribution in [-0.2, 0) is 16.1 Å². The molecule has 0 amide bonds. The maximum Gasteiger partial charge on any atom is 0.320 e. The fourth-order valence-electron chi connectivity index (χ4n) is 1.37. The van der Waals surface area contributed by atoms with Gasteiger partial charge in [-0.05, 0) is 26.1 Å². The van der Waals surface area contributed by atoms with Crippen LogP contribution in [0.5, 0.6) is 5.75 Å². The summed E-state index contributed by atoms with van der Waals surface area (Å²) in [6, 6.07) is 5.78. The Morgan fingerprint density at radius 2 is 2.19 bits per heavy atom. The predicted octanol–water partition coefficient (Wildman–Crippen LogP) is 1.27. The molecule has 0 unspecified atom stereocenters. The molecule has 16 heavy (non-hydrogen) atoms. The Morgan fingerprint density at radius 1 is 1.44 bits per heavy atom. The van der Waals surface area contributed by atoms with E-state index in [0.29, 0.717) is 0 Å². The van der Waals surface area contributed by atoms with Gasteiger partial charge in [0.15, 0.2) is 0 Å². The van der Waals surface area contributed by atoms with E-state index in [0.717, 1.165) is 16.9 Å². The number of carbonyl (C=O) groups excluding carboxylic acids is 1. The number of methoxy groups -OCH3 is 1. The number of nitrogens with one attached hydrogen (secondary N) is 1. The molecule has 0 fully saturated rings. The molecular formula is C12H17NO3. The zero-order valence-corrected chi connectivity index (χ0v) is 9.87. The molecule has 0 saturated heterocycles. The van der Waals surface area contributed by atoms with E-state index in [4.69, 9.17) is 9.47 Å². The van der Waals surface area contributed by atoms with E-state index in [9.17, 15) is 4.79 Å². The lowest BCUT2D eigenvalue weighted by molar-refractivity contribution is -0.143. The van der Waals surface area contributed by atoms with Gasteiger partial charge in [0.2, 0.25) is 0 Å². The highest BCUT2D eigenvalue weighted by molar-refractivity contribution is 5.71. The molecule has 0 aromatic heterocycles. The summed E-state index contributed by atoms with van der Waals surface area (Å²) >= 11 is 0. The molecule has 0 spiro atoms. The second-order valence-electron chi connectivity index (χ2n) is 3.51. The summed E-state index contributed by atoms with van der Waals surface area (Å²) in [5, 5.41) is 2.74. The third kappa shape index (κ3) is 3.55. The quantitative estimate of drug-likeness (QED) is 0.764. The molecule has 0 saturated carbocycles. The van der Waals surface area contributed by atoms with Gasteiger partial charge in [0.1, 0.15) is 12.4 Å². The first-order valence-corrected chi connectivity index (χ1v) is 5.11. The van der Waals surface area contributed by atoms with Crippen LogP contribution < -0.4 is 10.1 Å². The van der Waals surface area contributed by atoms with Gasteiger partial charge >= 0.3 is 5.97 Å². The minimum absolute atomic E-state index is 0.216. The summed E-state index contributed by atoms with van der Waals surface area (Å²) in [6.07, 6.45) is 0. The van der Waals surface area contributed by atoms with Crippen molar-refractivity contribution >= 4 is 5.97 Å². The van der Waals surface area contributed by atoms with E-state index in [2.05, 4.69) is 5.32 Å². The topological polar surface area (TPSA) is 47.6 Å². The van der Waals surface area contributed by atoms with Crippen molar-refractivity contribution in [3.63, 3.8) is 0 Å². The molecule has 0 heterocycles. The van der Waals surface area contributed by atoms with Crippen LogP contribution in [0.15, 0.2) is 18.2 Å². The molecule has 0 bridgehead atoms. The van der Waals surface area contributed by atoms with Gasteiger partial charge in [-0.1, -0.05) is 11.6 Å². The maximum atomic E-state index is 11.2. The van der Waals surface area contributed by atoms with Gasteiger partial charge < -0.3 is 14.8 Å². The van der Waals surface area contributed by atoms with E-state index in [1.165, 1.54) is 0 Å². The lowest BCUT2D eigenvalue weighted by atomic mass is 10.1. The molecule has 0 atom stereocenters. The van der Waals surface area contributed by atoms with Crippen LogP contribution in [0.25, 0.3) is 0 Å². The maximum absolute atomic E-state index is 11.2. The molecule has 0 aliphatic rings. The standard InChI is InChI=1S/C12H17NO3/c1-9-4-5-11(15-3)10(6-9)8-16-12(14)7-13-2/h4-6,13H,7-8H2,1-3H3. The van der Waals surface area contributed by atoms with Crippen molar-refractivity contribution in [2.45, 2.75) is 13.5 Å². The Hall–Kier alpha value is -1.55. The Morgan fingerprint density at radius 3 is 2.81 bits per heavy atom. The third-order valence-corrected chi connectivity index (χ3v) is 2.15. The van der Waals surface area contributed by atoms with Crippen molar-refractivity contribution in [2.75, 3.05) is 20.7 Å². The summed E-state index contributed by atoms with van der Waals surface area (Å²) in [6.45, 7) is 2.44. The minimum Gasteiger partial charge on any atom is -0.496 e. The van der Waals surface area contributed by atoms with Crippen molar-refractivity contribution in [3.05, 3.63) is 29.3 Å². The number of esters is 1. The van der Waals surface area contributed by atoms with E-state index < -0.39 is 0 Å². The van der Waals surface area contributed by atoms with Gasteiger partial charge in [-0.25, -0.2) is 0 Å². The van der Waals surface area contributed by atoms with E-state index >= 15 is 0 Å². The predicted molar refractivity (Wildman–Crippen MR) is 61.5 cm³/mol. The van der Waals surface area contributed by atoms with Gasteiger partial charge in [-0.15, -0.1) is 0 Å². The largest absolute Gasteiger partial charge is 0.496 e. The van der Waals surface area contributed by atoms with Crippen molar-refractivity contribution in [3.8, 4) is 5.75 Å². The van der Waals surface area contributed by atoms with Crippen molar-refractivity contribution < 1.29 is 14.3 Å². The number of ether oxygens (including phenoxy) is 2. The second kappa shape index (κ2) is 6.12. The second-order valence-corrected chi connectivity index (χ2v) is 3.51. The summed E-state index contributed by atoms with van der Waals surface area (Å²) in [4.78, 5) is 11.2. The summed E-state index contributed by atoms with van der Waals surface area (Å²) in [5.74, 6) is 0.467. The van der Waals surface area contributed by atoms with E-state index in [1.54, 1.807) is 14.2 Å². The number of benzene rings is 1. The minimum atomic E-state index is -0.272. The lowest BCUT2D eigenvalue weighted by Crippen LogP contribution is -2.20. The van der Waals surface area contributed by atoms with E-state index in [-0.39, 0.29) is 19.1 Å². The van der Waals surface area contributed by atoms with Gasteiger partial charge in [0.05, 0.1) is 13.7 Å². The summed E-state index contributed by atoms with van der Waals surface area (Å²) in [7, 11) is 3.30. The van der Waals surface area contributed by atoms with Crippen LogP contribution in [0.1, 0.15) is 11.1 Å². The van der Waals surface area contributed by atoms with Gasteiger partial charge in [-0.2, -0.15) is 0 Å². The first-order valence-electron chi connectivity index (χ1n) is 5.11. The van der Waals surface area contributed by atoms with Gasteiger partial charge in [-0.3, -0.25) is 4.79 Å². The number of likely N-dealkylation sites (N-methyl/N-ethyl adjacent to an activating group) is 1. The zero-order chi connectivity index (χ0) is 12.0. The van der Waals surface area contributed by atoms with Crippen molar-refractivity contribution in [2.24, 2.45) is 0 Å². The molecule has 1 aromatic carbocycles. The first kappa shape index (κ1) is 12.5. The average molecular weight is 223 g/mol. The average Bonchev–Trinajstić information content (AvgIpc) is 2.27.